The Labute approximate surface area is 213 Å². The lowest BCUT2D eigenvalue weighted by molar-refractivity contribution is -0.0393. The van der Waals surface area contributed by atoms with Crippen molar-refractivity contribution in [2.75, 3.05) is 32.9 Å². The first-order valence-electron chi connectivity index (χ1n) is 12.8. The van der Waals surface area contributed by atoms with E-state index in [0.29, 0.717) is 18.1 Å². The molecule has 1 atom stereocenters. The highest BCUT2D eigenvalue weighted by Gasteiger charge is 2.21. The second-order valence-electron chi connectivity index (χ2n) is 9.54. The Balaban J connectivity index is 1.34. The molecule has 2 fully saturated rings. The first-order chi connectivity index (χ1) is 18.1. The van der Waals surface area contributed by atoms with Gasteiger partial charge in [0.2, 0.25) is 0 Å². The average molecular weight is 506 g/mol. The molecule has 0 aliphatic carbocycles. The number of nitrogens with one attached hydrogen (secondary N) is 1. The van der Waals surface area contributed by atoms with Crippen LogP contribution in [0.15, 0.2) is 42.6 Å². The normalized spacial score (nSPS) is 19.2. The Morgan fingerprint density at radius 2 is 1.89 bits per heavy atom. The predicted molar refractivity (Wildman–Crippen MR) is 138 cm³/mol. The van der Waals surface area contributed by atoms with Gasteiger partial charge in [0.25, 0.3) is 0 Å². The number of fused-ring (bicyclic) bond motifs is 1. The van der Waals surface area contributed by atoms with Crippen LogP contribution in [0.1, 0.15) is 42.2 Å². The number of benzene rings is 2. The van der Waals surface area contributed by atoms with Crippen molar-refractivity contribution in [3.8, 4) is 11.5 Å². The van der Waals surface area contributed by atoms with Crippen LogP contribution in [0.2, 0.25) is 0 Å². The number of nitrogens with zero attached hydrogens (tertiary/aromatic N) is 4. The number of morpholine rings is 1. The fraction of sp³-hybridized carbons (Fsp3) is 0.357. The van der Waals surface area contributed by atoms with Crippen LogP contribution in [-0.2, 0) is 16.0 Å². The molecule has 4 aromatic rings. The zero-order valence-corrected chi connectivity index (χ0v) is 20.5. The molecule has 4 heterocycles. The molecule has 2 saturated heterocycles. The van der Waals surface area contributed by atoms with Gasteiger partial charge >= 0.3 is 0 Å². The second-order valence-corrected chi connectivity index (χ2v) is 9.54. The molecular formula is C28H29F2N5O2. The fourth-order valence-corrected chi connectivity index (χ4v) is 4.90. The minimum atomic E-state index is -0.876. The van der Waals surface area contributed by atoms with Gasteiger partial charge in [-0.3, -0.25) is 4.90 Å². The molecule has 0 spiro atoms. The van der Waals surface area contributed by atoms with E-state index in [0.717, 1.165) is 74.8 Å². The van der Waals surface area contributed by atoms with E-state index >= 15 is 0 Å². The van der Waals surface area contributed by atoms with E-state index in [1.165, 1.54) is 11.6 Å². The van der Waals surface area contributed by atoms with Gasteiger partial charge < -0.3 is 14.5 Å². The maximum Gasteiger partial charge on any atom is 0.166 e. The van der Waals surface area contributed by atoms with Crippen molar-refractivity contribution in [2.45, 2.75) is 32.0 Å². The van der Waals surface area contributed by atoms with Gasteiger partial charge in [0.1, 0.15) is 11.9 Å². The van der Waals surface area contributed by atoms with Crippen LogP contribution in [0.4, 0.5) is 8.78 Å². The molecule has 37 heavy (non-hydrogen) atoms. The third-order valence-corrected chi connectivity index (χ3v) is 6.92. The maximum absolute atomic E-state index is 14.3. The Morgan fingerprint density at radius 3 is 2.73 bits per heavy atom. The van der Waals surface area contributed by atoms with Crippen LogP contribution in [0.5, 0.6) is 0 Å². The van der Waals surface area contributed by atoms with Crippen LogP contribution in [0, 0.1) is 11.6 Å². The lowest BCUT2D eigenvalue weighted by atomic mass is 10.1. The quantitative estimate of drug-likeness (QED) is 0.380. The molecule has 2 aliphatic heterocycles. The highest BCUT2D eigenvalue weighted by molar-refractivity contribution is 5.83. The van der Waals surface area contributed by atoms with Gasteiger partial charge in [-0.05, 0) is 43.0 Å². The van der Waals surface area contributed by atoms with Gasteiger partial charge in [-0.2, -0.15) is 5.10 Å². The van der Waals surface area contributed by atoms with Gasteiger partial charge in [0.05, 0.1) is 24.2 Å². The smallest absolute Gasteiger partial charge is 0.166 e. The molecule has 0 saturated carbocycles. The van der Waals surface area contributed by atoms with E-state index in [-0.39, 0.29) is 11.8 Å². The first kappa shape index (κ1) is 24.0. The molecular weight excluding hydrogens is 476 g/mol. The van der Waals surface area contributed by atoms with E-state index in [2.05, 4.69) is 22.0 Å². The molecule has 9 heteroatoms. The summed E-state index contributed by atoms with van der Waals surface area (Å²) in [7, 11) is 0. The van der Waals surface area contributed by atoms with Crippen LogP contribution in [0.3, 0.4) is 0 Å². The highest BCUT2D eigenvalue weighted by Crippen LogP contribution is 2.29. The molecule has 0 amide bonds. The summed E-state index contributed by atoms with van der Waals surface area (Å²) < 4.78 is 41.2. The number of rotatable bonds is 6. The zero-order chi connectivity index (χ0) is 25.2. The monoisotopic (exact) mass is 505 g/mol. The Morgan fingerprint density at radius 1 is 1.03 bits per heavy atom. The summed E-state index contributed by atoms with van der Waals surface area (Å²) in [4.78, 5) is 10.6. The standard InChI is InChI=1S/C28H29F2N5O2/c29-22-5-3-4-20(26(22)30)8-9-21-18-35(25-6-1-2-13-37-25)33-27(21)28-31-23-10-7-19(16-24(23)32-28)17-34-11-14-36-15-12-34/h3-5,7-10,16,18,25H,1-2,6,11-15,17H2,(H,31,32)/b9-8+. The van der Waals surface area contributed by atoms with Crippen LogP contribution in [0.25, 0.3) is 34.7 Å². The Bertz CT molecular complexity index is 1420. The Hall–Kier alpha value is -3.40. The second kappa shape index (κ2) is 10.5. The predicted octanol–water partition coefficient (Wildman–Crippen LogP) is 5.41. The summed E-state index contributed by atoms with van der Waals surface area (Å²) in [6, 6.07) is 10.4. The first-order valence-corrected chi connectivity index (χ1v) is 12.8. The van der Waals surface area contributed by atoms with Gasteiger partial charge in [-0.1, -0.05) is 30.4 Å². The maximum atomic E-state index is 14.3. The minimum absolute atomic E-state index is 0.162. The number of ether oxygens (including phenoxy) is 2. The lowest BCUT2D eigenvalue weighted by Crippen LogP contribution is -2.35. The fourth-order valence-electron chi connectivity index (χ4n) is 4.90. The molecule has 0 bridgehead atoms. The molecule has 1 N–H and O–H groups in total. The van der Waals surface area contributed by atoms with Crippen molar-refractivity contribution in [2.24, 2.45) is 0 Å². The third-order valence-electron chi connectivity index (χ3n) is 6.92. The summed E-state index contributed by atoms with van der Waals surface area (Å²) in [5.74, 6) is -1.13. The van der Waals surface area contributed by atoms with Crippen molar-refractivity contribution in [1.29, 1.82) is 0 Å². The molecule has 2 aromatic heterocycles. The van der Waals surface area contributed by atoms with Gasteiger partial charge in [0, 0.05) is 43.6 Å². The summed E-state index contributed by atoms with van der Waals surface area (Å²) in [5.41, 5.74) is 4.50. The number of aromatic amines is 1. The van der Waals surface area contributed by atoms with E-state index < -0.39 is 11.6 Å². The molecule has 192 valence electrons. The van der Waals surface area contributed by atoms with E-state index in [4.69, 9.17) is 19.6 Å². The van der Waals surface area contributed by atoms with Crippen LogP contribution in [-0.4, -0.2) is 57.6 Å². The topological polar surface area (TPSA) is 68.2 Å². The zero-order valence-electron chi connectivity index (χ0n) is 20.5. The summed E-state index contributed by atoms with van der Waals surface area (Å²) >= 11 is 0. The van der Waals surface area contributed by atoms with Crippen molar-refractivity contribution in [1.82, 2.24) is 24.6 Å². The van der Waals surface area contributed by atoms with Gasteiger partial charge in [0.15, 0.2) is 17.5 Å². The van der Waals surface area contributed by atoms with Crippen molar-refractivity contribution in [3.05, 3.63) is 70.9 Å². The van der Waals surface area contributed by atoms with Crippen molar-refractivity contribution in [3.63, 3.8) is 0 Å². The van der Waals surface area contributed by atoms with Crippen molar-refractivity contribution < 1.29 is 18.3 Å². The van der Waals surface area contributed by atoms with E-state index in [1.807, 2.05) is 16.9 Å². The Kier molecular flexibility index (Phi) is 6.82. The number of imidazole rings is 1. The largest absolute Gasteiger partial charge is 0.379 e. The molecule has 0 radical (unpaired) electrons. The SMILES string of the molecule is Fc1cccc(/C=C/c2cn(C3CCCCO3)nc2-c2nc3cc(CN4CCOCC4)ccc3[nH]2)c1F. The third kappa shape index (κ3) is 5.20. The molecule has 2 aromatic carbocycles. The molecule has 1 unspecified atom stereocenters. The molecule has 6 rings (SSSR count). The minimum Gasteiger partial charge on any atom is -0.379 e. The number of aromatic nitrogens is 4. The van der Waals surface area contributed by atoms with E-state index in [1.54, 1.807) is 18.2 Å². The highest BCUT2D eigenvalue weighted by atomic mass is 19.2. The lowest BCUT2D eigenvalue weighted by Gasteiger charge is -2.26. The summed E-state index contributed by atoms with van der Waals surface area (Å²) in [6.45, 7) is 4.91. The van der Waals surface area contributed by atoms with Gasteiger partial charge in [-0.15, -0.1) is 0 Å². The summed E-state index contributed by atoms with van der Waals surface area (Å²) in [5, 5.41) is 4.82. The number of H-pyrrole nitrogens is 1. The summed E-state index contributed by atoms with van der Waals surface area (Å²) in [6.07, 6.45) is 8.00. The van der Waals surface area contributed by atoms with E-state index in [9.17, 15) is 8.78 Å². The van der Waals surface area contributed by atoms with Crippen molar-refractivity contribution >= 4 is 23.2 Å². The van der Waals surface area contributed by atoms with Crippen LogP contribution >= 0.6 is 0 Å². The molecule has 7 nitrogen and oxygen atoms in total. The van der Waals surface area contributed by atoms with Gasteiger partial charge in [-0.25, -0.2) is 18.4 Å². The number of halogens is 2. The number of hydrogen-bond donors (Lipinski definition) is 1. The number of hydrogen-bond acceptors (Lipinski definition) is 5. The molecule has 2 aliphatic rings. The average Bonchev–Trinajstić information content (AvgIpc) is 3.55. The van der Waals surface area contributed by atoms with Crippen LogP contribution < -0.4 is 0 Å².